The second-order valence-corrected chi connectivity index (χ2v) is 9.54. The number of carbonyl (C=O) groups is 3. The van der Waals surface area contributed by atoms with Crippen molar-refractivity contribution in [1.29, 1.82) is 0 Å². The fourth-order valence-corrected chi connectivity index (χ4v) is 4.79. The van der Waals surface area contributed by atoms with E-state index in [2.05, 4.69) is 23.1 Å². The first-order valence-electron chi connectivity index (χ1n) is 12.1. The average molecular weight is 540 g/mol. The number of rotatable bonds is 6. The van der Waals surface area contributed by atoms with E-state index in [1.807, 2.05) is 29.2 Å². The molecule has 3 aromatic rings. The first-order valence-corrected chi connectivity index (χ1v) is 12.6. The topological polar surface area (TPSA) is 108 Å². The summed E-state index contributed by atoms with van der Waals surface area (Å²) in [6, 6.07) is 13.6. The normalized spacial score (nSPS) is 17.5. The molecule has 0 unspecified atom stereocenters. The Labute approximate surface area is 223 Å². The number of anilines is 2. The van der Waals surface area contributed by atoms with Crippen LogP contribution in [-0.2, 0) is 9.53 Å². The number of halogens is 1. The van der Waals surface area contributed by atoms with Crippen LogP contribution in [0.25, 0.3) is 11.3 Å². The maximum absolute atomic E-state index is 15.1. The van der Waals surface area contributed by atoms with Crippen molar-refractivity contribution < 1.29 is 28.0 Å². The summed E-state index contributed by atoms with van der Waals surface area (Å²) in [6.07, 6.45) is -1.10. The highest BCUT2D eigenvalue weighted by atomic mass is 32.1. The molecule has 10 nitrogen and oxygen atoms in total. The van der Waals surface area contributed by atoms with Gasteiger partial charge in [0.25, 0.3) is 5.91 Å². The van der Waals surface area contributed by atoms with Gasteiger partial charge in [0.05, 0.1) is 24.5 Å². The highest BCUT2D eigenvalue weighted by molar-refractivity contribution is 7.80. The molecule has 3 heterocycles. The van der Waals surface area contributed by atoms with Crippen LogP contribution in [0.1, 0.15) is 17.5 Å². The Morgan fingerprint density at radius 1 is 1.13 bits per heavy atom. The number of aromatic nitrogens is 1. The Kier molecular flexibility index (Phi) is 7.23. The lowest BCUT2D eigenvalue weighted by Gasteiger charge is -2.35. The summed E-state index contributed by atoms with van der Waals surface area (Å²) in [5.74, 6) is -0.848. The molecule has 1 N–H and O–H groups in total. The molecule has 2 aliphatic rings. The standard InChI is InChI=1S/C26H26FN5O5S/c1-16(33)28-14-18-15-32(26(35)36-18)17-6-7-22(20(27)12-17)30-8-10-31(11-9-30)25(34)23-13-21(29-37-23)19-4-2-3-5-24(19)38/h2-7,12-13,18,38H,8-11,14-15H2,1H3,(H,28,33)/t18-/m0/s1. The number of amides is 3. The van der Waals surface area contributed by atoms with Crippen molar-refractivity contribution >= 4 is 41.9 Å². The zero-order valence-corrected chi connectivity index (χ0v) is 21.5. The average Bonchev–Trinajstić information content (AvgIpc) is 3.54. The molecule has 2 aromatic carbocycles. The molecule has 5 rings (SSSR count). The number of hydrogen-bond donors (Lipinski definition) is 2. The van der Waals surface area contributed by atoms with Crippen molar-refractivity contribution in [1.82, 2.24) is 15.4 Å². The van der Waals surface area contributed by atoms with Crippen molar-refractivity contribution in [3.8, 4) is 11.3 Å². The van der Waals surface area contributed by atoms with E-state index in [0.717, 1.165) is 10.5 Å². The van der Waals surface area contributed by atoms with E-state index < -0.39 is 18.0 Å². The van der Waals surface area contributed by atoms with E-state index in [0.29, 0.717) is 43.2 Å². The minimum absolute atomic E-state index is 0.134. The number of hydrogen-bond acceptors (Lipinski definition) is 8. The number of carbonyl (C=O) groups excluding carboxylic acids is 3. The van der Waals surface area contributed by atoms with E-state index in [1.165, 1.54) is 17.9 Å². The molecule has 0 aliphatic carbocycles. The van der Waals surface area contributed by atoms with Gasteiger partial charge in [-0.2, -0.15) is 0 Å². The summed E-state index contributed by atoms with van der Waals surface area (Å²) >= 11 is 4.43. The molecule has 198 valence electrons. The molecule has 1 atom stereocenters. The summed E-state index contributed by atoms with van der Waals surface area (Å²) in [7, 11) is 0. The monoisotopic (exact) mass is 539 g/mol. The van der Waals surface area contributed by atoms with E-state index in [4.69, 9.17) is 9.26 Å². The van der Waals surface area contributed by atoms with Crippen molar-refractivity contribution in [3.05, 3.63) is 60.1 Å². The van der Waals surface area contributed by atoms with Crippen LogP contribution in [0.5, 0.6) is 0 Å². The maximum Gasteiger partial charge on any atom is 0.414 e. The minimum Gasteiger partial charge on any atom is -0.442 e. The predicted octanol–water partition coefficient (Wildman–Crippen LogP) is 3.19. The van der Waals surface area contributed by atoms with Gasteiger partial charge in [0.15, 0.2) is 0 Å². The zero-order chi connectivity index (χ0) is 26.8. The van der Waals surface area contributed by atoms with Gasteiger partial charge in [0.1, 0.15) is 17.6 Å². The first-order chi connectivity index (χ1) is 18.3. The Bertz CT molecular complexity index is 1370. The highest BCUT2D eigenvalue weighted by Crippen LogP contribution is 2.29. The second kappa shape index (κ2) is 10.7. The summed E-state index contributed by atoms with van der Waals surface area (Å²) < 4.78 is 25.7. The summed E-state index contributed by atoms with van der Waals surface area (Å²) in [6.45, 7) is 3.39. The van der Waals surface area contributed by atoms with Gasteiger partial charge in [-0.1, -0.05) is 23.4 Å². The third-order valence-corrected chi connectivity index (χ3v) is 6.89. The molecule has 38 heavy (non-hydrogen) atoms. The molecule has 1 aromatic heterocycles. The van der Waals surface area contributed by atoms with Crippen molar-refractivity contribution in [2.45, 2.75) is 17.9 Å². The van der Waals surface area contributed by atoms with Crippen LogP contribution in [0.4, 0.5) is 20.6 Å². The first kappa shape index (κ1) is 25.6. The Morgan fingerprint density at radius 3 is 2.61 bits per heavy atom. The predicted molar refractivity (Wildman–Crippen MR) is 140 cm³/mol. The molecule has 0 spiro atoms. The van der Waals surface area contributed by atoms with E-state index in [-0.39, 0.29) is 30.7 Å². The van der Waals surface area contributed by atoms with Crippen LogP contribution in [0.3, 0.4) is 0 Å². The molecule has 3 amide bonds. The lowest BCUT2D eigenvalue weighted by molar-refractivity contribution is -0.119. The van der Waals surface area contributed by atoms with Crippen molar-refractivity contribution in [2.75, 3.05) is 49.1 Å². The van der Waals surface area contributed by atoms with Gasteiger partial charge in [-0.3, -0.25) is 14.5 Å². The largest absolute Gasteiger partial charge is 0.442 e. The molecular formula is C26H26FN5O5S. The summed E-state index contributed by atoms with van der Waals surface area (Å²) in [5.41, 5.74) is 2.06. The van der Waals surface area contributed by atoms with Crippen LogP contribution in [0, 0.1) is 5.82 Å². The van der Waals surface area contributed by atoms with E-state index in [1.54, 1.807) is 23.1 Å². The Hall–Kier alpha value is -4.06. The number of nitrogens with zero attached hydrogens (tertiary/aromatic N) is 4. The third-order valence-electron chi connectivity index (χ3n) is 6.50. The maximum atomic E-state index is 15.1. The van der Waals surface area contributed by atoms with E-state index in [9.17, 15) is 14.4 Å². The van der Waals surface area contributed by atoms with E-state index >= 15 is 4.39 Å². The minimum atomic E-state index is -0.590. The molecule has 0 saturated carbocycles. The Morgan fingerprint density at radius 2 is 1.89 bits per heavy atom. The van der Waals surface area contributed by atoms with Gasteiger partial charge in [-0.15, -0.1) is 12.6 Å². The van der Waals surface area contributed by atoms with Crippen molar-refractivity contribution in [3.63, 3.8) is 0 Å². The molecule has 2 aliphatic heterocycles. The number of thiol groups is 1. The van der Waals surface area contributed by atoms with Gasteiger partial charge >= 0.3 is 6.09 Å². The van der Waals surface area contributed by atoms with Gasteiger partial charge in [-0.05, 0) is 24.3 Å². The zero-order valence-electron chi connectivity index (χ0n) is 20.6. The SMILES string of the molecule is CC(=O)NC[C@H]1CN(c2ccc(N3CCN(C(=O)c4cc(-c5ccccc5S)no4)CC3)c(F)c2)C(=O)O1. The van der Waals surface area contributed by atoms with Crippen LogP contribution in [0.15, 0.2) is 57.9 Å². The number of nitrogens with one attached hydrogen (secondary N) is 1. The van der Waals surface area contributed by atoms with Crippen LogP contribution >= 0.6 is 12.6 Å². The number of piperazine rings is 1. The van der Waals surface area contributed by atoms with Crippen LogP contribution in [0.2, 0.25) is 0 Å². The lowest BCUT2D eigenvalue weighted by Crippen LogP contribution is -2.49. The highest BCUT2D eigenvalue weighted by Gasteiger charge is 2.33. The van der Waals surface area contributed by atoms with Crippen LogP contribution < -0.4 is 15.1 Å². The smallest absolute Gasteiger partial charge is 0.414 e. The second-order valence-electron chi connectivity index (χ2n) is 9.06. The fourth-order valence-electron chi connectivity index (χ4n) is 4.52. The molecule has 0 radical (unpaired) electrons. The van der Waals surface area contributed by atoms with Crippen molar-refractivity contribution in [2.24, 2.45) is 0 Å². The molecular weight excluding hydrogens is 513 g/mol. The lowest BCUT2D eigenvalue weighted by atomic mass is 10.1. The Balaban J connectivity index is 1.19. The molecule has 12 heteroatoms. The number of ether oxygens (including phenoxy) is 1. The van der Waals surface area contributed by atoms with Crippen LogP contribution in [-0.4, -0.2) is 73.3 Å². The van der Waals surface area contributed by atoms with Gasteiger partial charge in [0, 0.05) is 49.6 Å². The summed E-state index contributed by atoms with van der Waals surface area (Å²) in [5, 5.41) is 6.63. The third kappa shape index (κ3) is 5.30. The van der Waals surface area contributed by atoms with Gasteiger partial charge in [-0.25, -0.2) is 9.18 Å². The van der Waals surface area contributed by atoms with Gasteiger partial charge in [0.2, 0.25) is 11.7 Å². The fraction of sp³-hybridized carbons (Fsp3) is 0.308. The molecule has 2 fully saturated rings. The number of cyclic esters (lactones) is 1. The summed E-state index contributed by atoms with van der Waals surface area (Å²) in [4.78, 5) is 41.9. The number of benzene rings is 2. The molecule has 2 saturated heterocycles. The quantitative estimate of drug-likeness (QED) is 0.463. The molecule has 0 bridgehead atoms. The van der Waals surface area contributed by atoms with Gasteiger partial charge < -0.3 is 24.4 Å².